The van der Waals surface area contributed by atoms with E-state index in [1.54, 1.807) is 0 Å². The van der Waals surface area contributed by atoms with E-state index in [1.165, 1.54) is 22.3 Å². The third-order valence-corrected chi connectivity index (χ3v) is 10.1. The van der Waals surface area contributed by atoms with E-state index in [4.69, 9.17) is 21.1 Å². The summed E-state index contributed by atoms with van der Waals surface area (Å²) in [6.45, 7) is 9.31. The molecule has 0 aromatic heterocycles. The smallest absolute Gasteiger partial charge is 0.220 e. The van der Waals surface area contributed by atoms with Gasteiger partial charge < -0.3 is 30.3 Å². The fourth-order valence-electron chi connectivity index (χ4n) is 7.25. The fourth-order valence-corrected chi connectivity index (χ4v) is 7.49. The Balaban J connectivity index is 1.11. The van der Waals surface area contributed by atoms with E-state index in [0.29, 0.717) is 50.6 Å². The Labute approximate surface area is 283 Å². The molecule has 47 heavy (non-hydrogen) atoms. The van der Waals surface area contributed by atoms with Crippen LogP contribution in [0.5, 0.6) is 11.5 Å². The van der Waals surface area contributed by atoms with Crippen molar-refractivity contribution < 1.29 is 18.7 Å². The minimum atomic E-state index is -0.635. The van der Waals surface area contributed by atoms with Gasteiger partial charge in [-0.25, -0.2) is 4.39 Å². The van der Waals surface area contributed by atoms with Gasteiger partial charge in [-0.1, -0.05) is 41.9 Å². The largest absolute Gasteiger partial charge is 0.493 e. The number of hydrogen-bond donors (Lipinski definition) is 3. The molecule has 6 rings (SSSR count). The number of fused-ring (bicyclic) bond motifs is 1. The lowest BCUT2D eigenvalue weighted by Crippen LogP contribution is -2.35. The summed E-state index contributed by atoms with van der Waals surface area (Å²) in [5, 5.41) is 10.9. The number of hydrogen-bond acceptors (Lipinski definition) is 6. The molecule has 3 aromatic rings. The van der Waals surface area contributed by atoms with Gasteiger partial charge >= 0.3 is 0 Å². The van der Waals surface area contributed by atoms with Gasteiger partial charge in [0.15, 0.2) is 0 Å². The lowest BCUT2D eigenvalue weighted by molar-refractivity contribution is -0.119. The number of likely N-dealkylation sites (tertiary alicyclic amines) is 1. The van der Waals surface area contributed by atoms with Crippen LogP contribution in [0.1, 0.15) is 73.7 Å². The number of anilines is 1. The summed E-state index contributed by atoms with van der Waals surface area (Å²) in [5.41, 5.74) is 8.14. The zero-order valence-corrected chi connectivity index (χ0v) is 28.4. The summed E-state index contributed by atoms with van der Waals surface area (Å²) < 4.78 is 25.8. The molecule has 0 saturated carbocycles. The highest BCUT2D eigenvalue weighted by atomic mass is 35.5. The minimum Gasteiger partial charge on any atom is -0.493 e. The number of nitrogens with one attached hydrogen (secondary N) is 3. The van der Waals surface area contributed by atoms with Gasteiger partial charge in [-0.05, 0) is 92.3 Å². The number of benzene rings is 3. The van der Waals surface area contributed by atoms with Gasteiger partial charge in [0.25, 0.3) is 0 Å². The molecule has 2 saturated heterocycles. The van der Waals surface area contributed by atoms with Gasteiger partial charge in [-0.3, -0.25) is 4.79 Å². The molecular formula is C38H48ClFN4O3. The first-order chi connectivity index (χ1) is 22.9. The maximum absolute atomic E-state index is 13.5. The van der Waals surface area contributed by atoms with Crippen LogP contribution in [0, 0.1) is 6.92 Å². The van der Waals surface area contributed by atoms with E-state index >= 15 is 0 Å². The molecule has 0 spiro atoms. The molecule has 3 aromatic carbocycles. The van der Waals surface area contributed by atoms with Crippen LogP contribution in [0.15, 0.2) is 48.5 Å². The van der Waals surface area contributed by atoms with Crippen molar-refractivity contribution in [3.05, 3.63) is 75.8 Å². The SMILES string of the molecule is CCOc1cc(NC2CCc3c(-c4cccc(OCCCN5CCC(F)CC5)c4C)cccc32)c(Cl)cc1CNC[C@@H]1CCC(=O)N1. The molecule has 1 unspecified atom stereocenters. The van der Waals surface area contributed by atoms with Crippen molar-refractivity contribution >= 4 is 23.2 Å². The van der Waals surface area contributed by atoms with E-state index < -0.39 is 6.17 Å². The Morgan fingerprint density at radius 1 is 1.00 bits per heavy atom. The Kier molecular flexibility index (Phi) is 11.2. The third-order valence-electron chi connectivity index (χ3n) is 9.81. The van der Waals surface area contributed by atoms with Gasteiger partial charge in [-0.15, -0.1) is 0 Å². The van der Waals surface area contributed by atoms with E-state index in [-0.39, 0.29) is 18.0 Å². The number of piperidine rings is 1. The molecule has 9 heteroatoms. The topological polar surface area (TPSA) is 74.9 Å². The average Bonchev–Trinajstić information content (AvgIpc) is 3.68. The lowest BCUT2D eigenvalue weighted by Gasteiger charge is -2.28. The molecule has 3 aliphatic rings. The number of ether oxygens (including phenoxy) is 2. The average molecular weight is 663 g/mol. The number of carbonyl (C=O) groups excluding carboxylic acids is 1. The number of carbonyl (C=O) groups is 1. The number of halogens is 2. The first-order valence-electron chi connectivity index (χ1n) is 17.3. The van der Waals surface area contributed by atoms with Gasteiger partial charge in [-0.2, -0.15) is 0 Å². The second-order valence-corrected chi connectivity index (χ2v) is 13.5. The standard InChI is InChI=1S/C38H48ClFN4O3/c1-3-46-37-22-35(33(39)21-26(37)23-41-24-28-11-14-38(45)42-28)43-34-13-12-31-30(8-4-9-32(31)34)29-7-5-10-36(25(29)2)47-20-6-17-44-18-15-27(40)16-19-44/h4-5,7-10,21-22,27-28,34,41,43H,3,6,11-20,23-24H2,1-2H3,(H,42,45)/t28-,34?/m0/s1. The molecule has 7 nitrogen and oxygen atoms in total. The second kappa shape index (κ2) is 15.7. The normalized spacial score (nSPS) is 19.9. The van der Waals surface area contributed by atoms with Crippen LogP contribution in [0.25, 0.3) is 11.1 Å². The van der Waals surface area contributed by atoms with Gasteiger partial charge in [0.05, 0.1) is 30.0 Å². The number of rotatable bonds is 14. The molecule has 3 N–H and O–H groups in total. The number of alkyl halides is 1. The zero-order valence-electron chi connectivity index (χ0n) is 27.7. The number of nitrogens with zero attached hydrogens (tertiary/aromatic N) is 1. The van der Waals surface area contributed by atoms with Crippen molar-refractivity contribution in [2.75, 3.05) is 44.7 Å². The van der Waals surface area contributed by atoms with Crippen LogP contribution < -0.4 is 25.4 Å². The van der Waals surface area contributed by atoms with Crippen molar-refractivity contribution in [3.63, 3.8) is 0 Å². The number of amides is 1. The Bertz CT molecular complexity index is 1540. The van der Waals surface area contributed by atoms with Crippen LogP contribution in [-0.2, 0) is 17.8 Å². The fraction of sp³-hybridized carbons (Fsp3) is 0.500. The highest BCUT2D eigenvalue weighted by molar-refractivity contribution is 6.33. The monoisotopic (exact) mass is 662 g/mol. The zero-order chi connectivity index (χ0) is 32.8. The van der Waals surface area contributed by atoms with Crippen LogP contribution >= 0.6 is 11.6 Å². The first-order valence-corrected chi connectivity index (χ1v) is 17.7. The summed E-state index contributed by atoms with van der Waals surface area (Å²) in [7, 11) is 0. The van der Waals surface area contributed by atoms with Crippen LogP contribution in [0.3, 0.4) is 0 Å². The second-order valence-electron chi connectivity index (χ2n) is 13.1. The maximum atomic E-state index is 13.5. The highest BCUT2D eigenvalue weighted by Gasteiger charge is 2.27. The molecule has 1 amide bonds. The molecule has 252 valence electrons. The molecule has 1 aliphatic carbocycles. The van der Waals surface area contributed by atoms with Gasteiger partial charge in [0.2, 0.25) is 5.91 Å². The maximum Gasteiger partial charge on any atom is 0.220 e. The molecule has 0 radical (unpaired) electrons. The molecule has 2 aliphatic heterocycles. The summed E-state index contributed by atoms with van der Waals surface area (Å²) in [5.74, 6) is 1.86. The van der Waals surface area contributed by atoms with Crippen molar-refractivity contribution in [2.24, 2.45) is 0 Å². The van der Waals surface area contributed by atoms with Crippen LogP contribution in [-0.4, -0.2) is 62.4 Å². The third kappa shape index (κ3) is 8.22. The van der Waals surface area contributed by atoms with Crippen LogP contribution in [0.4, 0.5) is 10.1 Å². The summed E-state index contributed by atoms with van der Waals surface area (Å²) in [6, 6.07) is 17.3. The Morgan fingerprint density at radius 3 is 2.60 bits per heavy atom. The molecule has 0 bridgehead atoms. The van der Waals surface area contributed by atoms with E-state index in [0.717, 1.165) is 73.6 Å². The predicted octanol–water partition coefficient (Wildman–Crippen LogP) is 7.38. The lowest BCUT2D eigenvalue weighted by atomic mass is 9.93. The molecule has 2 fully saturated rings. The van der Waals surface area contributed by atoms with Crippen molar-refractivity contribution in [1.29, 1.82) is 0 Å². The Hall–Kier alpha value is -3.33. The summed E-state index contributed by atoms with van der Waals surface area (Å²) in [6.07, 6.45) is 4.99. The minimum absolute atomic E-state index is 0.123. The van der Waals surface area contributed by atoms with Crippen molar-refractivity contribution in [3.8, 4) is 22.6 Å². The van der Waals surface area contributed by atoms with E-state index in [2.05, 4.69) is 64.2 Å². The molecule has 2 atom stereocenters. The van der Waals surface area contributed by atoms with Crippen molar-refractivity contribution in [2.45, 2.75) is 83.6 Å². The van der Waals surface area contributed by atoms with Gasteiger partial charge in [0, 0.05) is 56.8 Å². The first kappa shape index (κ1) is 33.6. The molecular weight excluding hydrogens is 615 g/mol. The predicted molar refractivity (Wildman–Crippen MR) is 187 cm³/mol. The summed E-state index contributed by atoms with van der Waals surface area (Å²) >= 11 is 6.87. The highest BCUT2D eigenvalue weighted by Crippen LogP contribution is 2.43. The van der Waals surface area contributed by atoms with Crippen LogP contribution in [0.2, 0.25) is 5.02 Å². The van der Waals surface area contributed by atoms with E-state index in [1.807, 2.05) is 19.1 Å². The van der Waals surface area contributed by atoms with E-state index in [9.17, 15) is 9.18 Å². The Morgan fingerprint density at radius 2 is 1.81 bits per heavy atom. The van der Waals surface area contributed by atoms with Gasteiger partial charge in [0.1, 0.15) is 17.7 Å². The quantitative estimate of drug-likeness (QED) is 0.156. The van der Waals surface area contributed by atoms with Crippen molar-refractivity contribution in [1.82, 2.24) is 15.5 Å². The summed E-state index contributed by atoms with van der Waals surface area (Å²) in [4.78, 5) is 13.9. The molecule has 2 heterocycles.